The van der Waals surface area contributed by atoms with Gasteiger partial charge in [0.1, 0.15) is 18.2 Å². The Kier molecular flexibility index (Phi) is 4.14. The largest absolute Gasteiger partial charge is 0.444 e. The lowest BCUT2D eigenvalue weighted by molar-refractivity contribution is 0.155. The van der Waals surface area contributed by atoms with E-state index in [1.165, 1.54) is 12.3 Å². The molecule has 100 valence electrons. The summed E-state index contributed by atoms with van der Waals surface area (Å²) in [6, 6.07) is 12.2. The van der Waals surface area contributed by atoms with Crippen LogP contribution in [0.25, 0.3) is 0 Å². The van der Waals surface area contributed by atoms with Crippen LogP contribution in [0.5, 0.6) is 0 Å². The van der Waals surface area contributed by atoms with Crippen LogP contribution in [0.2, 0.25) is 0 Å². The molecule has 0 saturated heterocycles. The number of anilines is 1. The zero-order chi connectivity index (χ0) is 14.4. The average Bonchev–Trinajstić information content (AvgIpc) is 2.48. The molecule has 0 spiro atoms. The van der Waals surface area contributed by atoms with Gasteiger partial charge in [0.2, 0.25) is 0 Å². The fourth-order valence-corrected chi connectivity index (χ4v) is 1.52. The first-order valence-corrected chi connectivity index (χ1v) is 5.79. The Balaban J connectivity index is 1.95. The highest BCUT2D eigenvalue weighted by atomic mass is 16.5. The number of nitriles is 1. The Hall–Kier alpha value is -3.07. The van der Waals surface area contributed by atoms with Gasteiger partial charge in [-0.1, -0.05) is 30.3 Å². The Morgan fingerprint density at radius 1 is 1.35 bits per heavy atom. The number of benzene rings is 1. The summed E-state index contributed by atoms with van der Waals surface area (Å²) in [6.07, 6.45) is 0.636. The van der Waals surface area contributed by atoms with E-state index in [9.17, 15) is 9.59 Å². The molecule has 0 fully saturated rings. The standard InChI is InChI=1S/C14H11N3O3/c15-7-11-6-12(8-16-13(11)18)17-14(19)20-9-10-4-2-1-3-5-10/h1-6,8H,9H2,(H,16,18)(H,17,19). The summed E-state index contributed by atoms with van der Waals surface area (Å²) in [5.74, 6) is 0. The van der Waals surface area contributed by atoms with Crippen molar-refractivity contribution in [1.82, 2.24) is 4.98 Å². The number of hydrogen-bond donors (Lipinski definition) is 2. The highest BCUT2D eigenvalue weighted by Gasteiger charge is 2.06. The van der Waals surface area contributed by atoms with Crippen molar-refractivity contribution in [2.45, 2.75) is 6.61 Å². The van der Waals surface area contributed by atoms with Gasteiger partial charge in [-0.25, -0.2) is 4.79 Å². The number of pyridine rings is 1. The molecule has 1 aromatic carbocycles. The Morgan fingerprint density at radius 3 is 2.80 bits per heavy atom. The summed E-state index contributed by atoms with van der Waals surface area (Å²) in [5, 5.41) is 11.1. The van der Waals surface area contributed by atoms with Crippen LogP contribution < -0.4 is 10.9 Å². The van der Waals surface area contributed by atoms with Crippen molar-refractivity contribution >= 4 is 11.8 Å². The van der Waals surface area contributed by atoms with E-state index in [4.69, 9.17) is 10.00 Å². The third kappa shape index (κ3) is 3.46. The number of amides is 1. The molecule has 2 N–H and O–H groups in total. The van der Waals surface area contributed by atoms with Crippen molar-refractivity contribution in [2.75, 3.05) is 5.32 Å². The molecule has 20 heavy (non-hydrogen) atoms. The van der Waals surface area contributed by atoms with Crippen LogP contribution in [0.3, 0.4) is 0 Å². The first kappa shape index (κ1) is 13.4. The zero-order valence-corrected chi connectivity index (χ0v) is 10.4. The van der Waals surface area contributed by atoms with Crippen molar-refractivity contribution in [2.24, 2.45) is 0 Å². The number of nitrogens with one attached hydrogen (secondary N) is 2. The summed E-state index contributed by atoms with van der Waals surface area (Å²) in [5.41, 5.74) is 0.572. The number of ether oxygens (including phenoxy) is 1. The number of nitrogens with zero attached hydrogens (tertiary/aromatic N) is 1. The van der Waals surface area contributed by atoms with E-state index in [-0.39, 0.29) is 12.2 Å². The summed E-state index contributed by atoms with van der Waals surface area (Å²) < 4.78 is 5.01. The number of carbonyl (C=O) groups excluding carboxylic acids is 1. The van der Waals surface area contributed by atoms with Gasteiger partial charge < -0.3 is 9.72 Å². The molecule has 6 heteroatoms. The Labute approximate surface area is 114 Å². The van der Waals surface area contributed by atoms with Crippen LogP contribution in [0, 0.1) is 11.3 Å². The van der Waals surface area contributed by atoms with E-state index < -0.39 is 11.7 Å². The second kappa shape index (κ2) is 6.20. The second-order valence-corrected chi connectivity index (χ2v) is 3.93. The van der Waals surface area contributed by atoms with Crippen LogP contribution in [0.4, 0.5) is 10.5 Å². The van der Waals surface area contributed by atoms with Crippen LogP contribution in [-0.4, -0.2) is 11.1 Å². The number of carbonyl (C=O) groups is 1. The molecule has 6 nitrogen and oxygen atoms in total. The maximum absolute atomic E-state index is 11.6. The molecule has 0 aliphatic heterocycles. The quantitative estimate of drug-likeness (QED) is 0.890. The predicted molar refractivity (Wildman–Crippen MR) is 72.0 cm³/mol. The normalized spacial score (nSPS) is 9.55. The summed E-state index contributed by atoms with van der Waals surface area (Å²) in [4.78, 5) is 25.1. The topological polar surface area (TPSA) is 95.0 Å². The molecule has 0 radical (unpaired) electrons. The molecule has 1 amide bonds. The molecule has 0 atom stereocenters. The third-order valence-electron chi connectivity index (χ3n) is 2.48. The fraction of sp³-hybridized carbons (Fsp3) is 0.0714. The third-order valence-corrected chi connectivity index (χ3v) is 2.48. The molecule has 0 aliphatic rings. The number of hydrogen-bond acceptors (Lipinski definition) is 4. The average molecular weight is 269 g/mol. The number of rotatable bonds is 3. The maximum Gasteiger partial charge on any atom is 0.412 e. The SMILES string of the molecule is N#Cc1cc(NC(=O)OCc2ccccc2)c[nH]c1=O. The summed E-state index contributed by atoms with van der Waals surface area (Å²) >= 11 is 0. The monoisotopic (exact) mass is 269 g/mol. The van der Waals surface area contributed by atoms with Gasteiger partial charge in [0.25, 0.3) is 5.56 Å². The van der Waals surface area contributed by atoms with Crippen molar-refractivity contribution in [3.05, 3.63) is 64.1 Å². The fourth-order valence-electron chi connectivity index (χ4n) is 1.52. The van der Waals surface area contributed by atoms with Crippen molar-refractivity contribution < 1.29 is 9.53 Å². The molecule has 0 saturated carbocycles. The van der Waals surface area contributed by atoms with E-state index in [0.29, 0.717) is 5.69 Å². The lowest BCUT2D eigenvalue weighted by atomic mass is 10.2. The van der Waals surface area contributed by atoms with Gasteiger partial charge in [0, 0.05) is 6.20 Å². The molecule has 2 aromatic rings. The Bertz CT molecular complexity index is 702. The highest BCUT2D eigenvalue weighted by molar-refractivity contribution is 5.84. The first-order valence-electron chi connectivity index (χ1n) is 5.79. The van der Waals surface area contributed by atoms with Gasteiger partial charge in [0.05, 0.1) is 5.69 Å². The van der Waals surface area contributed by atoms with E-state index in [1.54, 1.807) is 6.07 Å². The second-order valence-electron chi connectivity index (χ2n) is 3.93. The lowest BCUT2D eigenvalue weighted by Crippen LogP contribution is -2.16. The maximum atomic E-state index is 11.6. The Morgan fingerprint density at radius 2 is 2.10 bits per heavy atom. The van der Waals surface area contributed by atoms with Crippen LogP contribution in [0.1, 0.15) is 11.1 Å². The van der Waals surface area contributed by atoms with Crippen LogP contribution in [0.15, 0.2) is 47.4 Å². The molecule has 0 aliphatic carbocycles. The number of aromatic nitrogens is 1. The van der Waals surface area contributed by atoms with Crippen LogP contribution in [-0.2, 0) is 11.3 Å². The minimum Gasteiger partial charge on any atom is -0.444 e. The summed E-state index contributed by atoms with van der Waals surface area (Å²) in [6.45, 7) is 0.140. The van der Waals surface area contributed by atoms with Crippen molar-refractivity contribution in [3.8, 4) is 6.07 Å². The molecule has 1 aromatic heterocycles. The van der Waals surface area contributed by atoms with E-state index in [1.807, 2.05) is 30.3 Å². The zero-order valence-electron chi connectivity index (χ0n) is 10.4. The van der Waals surface area contributed by atoms with E-state index >= 15 is 0 Å². The van der Waals surface area contributed by atoms with E-state index in [2.05, 4.69) is 10.3 Å². The van der Waals surface area contributed by atoms with Gasteiger partial charge >= 0.3 is 6.09 Å². The minimum atomic E-state index is -0.662. The van der Waals surface area contributed by atoms with Gasteiger partial charge in [0.15, 0.2) is 0 Å². The predicted octanol–water partition coefficient (Wildman–Crippen LogP) is 2.00. The van der Waals surface area contributed by atoms with Gasteiger partial charge in [-0.3, -0.25) is 10.1 Å². The van der Waals surface area contributed by atoms with Crippen LogP contribution >= 0.6 is 0 Å². The highest BCUT2D eigenvalue weighted by Crippen LogP contribution is 2.06. The number of H-pyrrole nitrogens is 1. The molecule has 1 heterocycles. The summed E-state index contributed by atoms with van der Waals surface area (Å²) in [7, 11) is 0. The van der Waals surface area contributed by atoms with Gasteiger partial charge in [-0.05, 0) is 11.6 Å². The minimum absolute atomic E-state index is 0.0779. The molecule has 0 bridgehead atoms. The molecular formula is C14H11N3O3. The van der Waals surface area contributed by atoms with E-state index in [0.717, 1.165) is 5.56 Å². The lowest BCUT2D eigenvalue weighted by Gasteiger charge is -2.06. The van der Waals surface area contributed by atoms with Crippen molar-refractivity contribution in [1.29, 1.82) is 5.26 Å². The number of aromatic amines is 1. The molecule has 0 unspecified atom stereocenters. The van der Waals surface area contributed by atoms with Gasteiger partial charge in [-0.2, -0.15) is 5.26 Å². The molecular weight excluding hydrogens is 258 g/mol. The van der Waals surface area contributed by atoms with Crippen molar-refractivity contribution in [3.63, 3.8) is 0 Å². The first-order chi connectivity index (χ1) is 9.69. The molecule has 2 rings (SSSR count). The smallest absolute Gasteiger partial charge is 0.412 e. The van der Waals surface area contributed by atoms with Gasteiger partial charge in [-0.15, -0.1) is 0 Å².